The van der Waals surface area contributed by atoms with Gasteiger partial charge in [-0.2, -0.15) is 0 Å². The second-order valence-corrected chi connectivity index (χ2v) is 2.50. The van der Waals surface area contributed by atoms with Crippen LogP contribution in [0.1, 0.15) is 12.8 Å². The Labute approximate surface area is 62.5 Å². The molecule has 0 unspecified atom stereocenters. The number of rotatable bonds is 0. The van der Waals surface area contributed by atoms with Crippen molar-refractivity contribution in [2.45, 2.75) is 12.8 Å². The summed E-state index contributed by atoms with van der Waals surface area (Å²) in [5.74, 6) is 0.440. The summed E-state index contributed by atoms with van der Waals surface area (Å²) in [6.07, 6.45) is 1.59. The first-order valence-corrected chi connectivity index (χ1v) is 3.62. The van der Waals surface area contributed by atoms with Crippen molar-refractivity contribution in [3.05, 3.63) is 13.2 Å². The van der Waals surface area contributed by atoms with E-state index in [2.05, 4.69) is 20.2 Å². The average molecular weight is 142 g/mol. The summed E-state index contributed by atoms with van der Waals surface area (Å²) in [6.45, 7) is 8.08. The normalized spacial score (nSPS) is 19.5. The van der Waals surface area contributed by atoms with Crippen LogP contribution in [0.25, 0.3) is 0 Å². The van der Waals surface area contributed by atoms with Crippen molar-refractivity contribution in [2.75, 3.05) is 20.1 Å². The topological polar surface area (TPSA) is 21.5 Å². The van der Waals surface area contributed by atoms with E-state index in [-0.39, 0.29) is 0 Å². The van der Waals surface area contributed by atoms with E-state index >= 15 is 0 Å². The monoisotopic (exact) mass is 142 g/mol. The van der Waals surface area contributed by atoms with E-state index in [4.69, 9.17) is 0 Å². The van der Waals surface area contributed by atoms with Crippen LogP contribution in [0.5, 0.6) is 0 Å². The fourth-order valence-electron chi connectivity index (χ4n) is 0.956. The summed E-state index contributed by atoms with van der Waals surface area (Å²) < 4.78 is 0. The maximum absolute atomic E-state index is 10.6. The van der Waals surface area contributed by atoms with Gasteiger partial charge in [0.1, 0.15) is 5.78 Å². The molecule has 1 heterocycles. The molecule has 0 spiro atoms. The van der Waals surface area contributed by atoms with E-state index in [0.29, 0.717) is 5.78 Å². The lowest BCUT2D eigenvalue weighted by Crippen LogP contribution is -3.10. The van der Waals surface area contributed by atoms with Gasteiger partial charge in [0.15, 0.2) is 0 Å². The molecule has 1 saturated heterocycles. The first-order chi connectivity index (χ1) is 4.79. The number of carbonyl (C=O) groups is 1. The Bertz CT molecular complexity index is 102. The largest absolute Gasteiger partial charge is 0.337 e. The fraction of sp³-hybridized carbons (Fsp3) is 0.625. The summed E-state index contributed by atoms with van der Waals surface area (Å²) in [4.78, 5) is 12.1. The van der Waals surface area contributed by atoms with Crippen LogP contribution in [0.3, 0.4) is 0 Å². The molecule has 1 aliphatic heterocycles. The van der Waals surface area contributed by atoms with Gasteiger partial charge in [-0.1, -0.05) is 0 Å². The zero-order valence-corrected chi connectivity index (χ0v) is 6.65. The van der Waals surface area contributed by atoms with Gasteiger partial charge in [0, 0.05) is 0 Å². The van der Waals surface area contributed by atoms with Gasteiger partial charge in [0.05, 0.1) is 33.0 Å². The van der Waals surface area contributed by atoms with Crippen molar-refractivity contribution in [3.8, 4) is 0 Å². The Balaban J connectivity index is 0.000000371. The summed E-state index contributed by atoms with van der Waals surface area (Å²) in [5, 5.41) is 0. The van der Waals surface area contributed by atoms with Crippen molar-refractivity contribution in [2.24, 2.45) is 0 Å². The molecule has 1 N–H and O–H groups in total. The number of nitrogens with one attached hydrogen (secondary N) is 1. The van der Waals surface area contributed by atoms with Crippen LogP contribution < -0.4 is 4.90 Å². The summed E-state index contributed by atoms with van der Waals surface area (Å²) >= 11 is 0. The smallest absolute Gasteiger partial charge is 0.144 e. The highest BCUT2D eigenvalue weighted by atomic mass is 16.1. The molecular weight excluding hydrogens is 126 g/mol. The molecule has 0 radical (unpaired) electrons. The van der Waals surface area contributed by atoms with E-state index in [1.807, 2.05) is 0 Å². The SMILES string of the molecule is C=C.C[NH+]1CCC(=O)CC1. The van der Waals surface area contributed by atoms with Crippen molar-refractivity contribution >= 4 is 5.78 Å². The maximum Gasteiger partial charge on any atom is 0.144 e. The van der Waals surface area contributed by atoms with Gasteiger partial charge in [-0.05, 0) is 0 Å². The average Bonchev–Trinajstić information content (AvgIpc) is 2.00. The first-order valence-electron chi connectivity index (χ1n) is 3.62. The van der Waals surface area contributed by atoms with Gasteiger partial charge in [0.25, 0.3) is 0 Å². The van der Waals surface area contributed by atoms with Gasteiger partial charge in [0.2, 0.25) is 0 Å². The minimum atomic E-state index is 0.440. The van der Waals surface area contributed by atoms with Gasteiger partial charge in [-0.15, -0.1) is 13.2 Å². The third-order valence-corrected chi connectivity index (χ3v) is 1.66. The highest BCUT2D eigenvalue weighted by Gasteiger charge is 2.14. The minimum absolute atomic E-state index is 0.440. The summed E-state index contributed by atoms with van der Waals surface area (Å²) in [7, 11) is 2.13. The minimum Gasteiger partial charge on any atom is -0.337 e. The van der Waals surface area contributed by atoms with Crippen LogP contribution in [0.4, 0.5) is 0 Å². The third-order valence-electron chi connectivity index (χ3n) is 1.66. The highest BCUT2D eigenvalue weighted by molar-refractivity contribution is 5.78. The molecular formula is C8H16NO+. The number of Topliss-reactive ketones (excluding diaryl/α,β-unsaturated/α-hetero) is 1. The van der Waals surface area contributed by atoms with Gasteiger partial charge in [-0.3, -0.25) is 4.79 Å². The Morgan fingerprint density at radius 3 is 2.00 bits per heavy atom. The van der Waals surface area contributed by atoms with Crippen LogP contribution in [0.2, 0.25) is 0 Å². The highest BCUT2D eigenvalue weighted by Crippen LogP contribution is 1.88. The number of likely N-dealkylation sites (tertiary alicyclic amines) is 1. The quantitative estimate of drug-likeness (QED) is 0.459. The Hall–Kier alpha value is -0.630. The van der Waals surface area contributed by atoms with Gasteiger partial charge in [-0.25, -0.2) is 0 Å². The Morgan fingerprint density at radius 1 is 1.30 bits per heavy atom. The number of ketones is 1. The maximum atomic E-state index is 10.6. The molecule has 2 heteroatoms. The number of hydrogen-bond donors (Lipinski definition) is 1. The molecule has 0 amide bonds. The lowest BCUT2D eigenvalue weighted by Gasteiger charge is -2.17. The van der Waals surface area contributed by atoms with Crippen molar-refractivity contribution < 1.29 is 9.69 Å². The molecule has 10 heavy (non-hydrogen) atoms. The zero-order valence-electron chi connectivity index (χ0n) is 6.65. The van der Waals surface area contributed by atoms with E-state index in [1.54, 1.807) is 0 Å². The molecule has 1 fully saturated rings. The molecule has 0 bridgehead atoms. The number of piperidine rings is 1. The summed E-state index contributed by atoms with van der Waals surface area (Å²) in [5.41, 5.74) is 0. The number of quaternary nitrogens is 1. The second-order valence-electron chi connectivity index (χ2n) is 2.50. The number of hydrogen-bond acceptors (Lipinski definition) is 1. The standard InChI is InChI=1S/C6H11NO.C2H4/c1-7-4-2-6(8)3-5-7;1-2/h2-5H2,1H3;1-2H2/p+1. The van der Waals surface area contributed by atoms with Crippen LogP contribution in [0.15, 0.2) is 13.2 Å². The van der Waals surface area contributed by atoms with E-state index in [9.17, 15) is 4.79 Å². The van der Waals surface area contributed by atoms with Crippen LogP contribution in [-0.2, 0) is 4.79 Å². The number of carbonyl (C=O) groups excluding carboxylic acids is 1. The molecule has 0 aromatic heterocycles. The fourth-order valence-corrected chi connectivity index (χ4v) is 0.956. The van der Waals surface area contributed by atoms with E-state index < -0.39 is 0 Å². The predicted molar refractivity (Wildman–Crippen MR) is 42.1 cm³/mol. The summed E-state index contributed by atoms with van der Waals surface area (Å²) in [6, 6.07) is 0. The third kappa shape index (κ3) is 3.41. The molecule has 0 aromatic carbocycles. The second kappa shape index (κ2) is 5.18. The Morgan fingerprint density at radius 2 is 1.70 bits per heavy atom. The molecule has 2 nitrogen and oxygen atoms in total. The van der Waals surface area contributed by atoms with Gasteiger partial charge >= 0.3 is 0 Å². The lowest BCUT2D eigenvalue weighted by molar-refractivity contribution is -0.880. The molecule has 0 saturated carbocycles. The van der Waals surface area contributed by atoms with E-state index in [0.717, 1.165) is 25.9 Å². The molecule has 0 aromatic rings. The van der Waals surface area contributed by atoms with Crippen molar-refractivity contribution in [1.82, 2.24) is 0 Å². The first kappa shape index (κ1) is 9.37. The molecule has 1 rings (SSSR count). The molecule has 0 atom stereocenters. The van der Waals surface area contributed by atoms with Crippen molar-refractivity contribution in [1.29, 1.82) is 0 Å². The predicted octanol–water partition coefficient (Wildman–Crippen LogP) is -0.334. The molecule has 58 valence electrons. The lowest BCUT2D eigenvalue weighted by atomic mass is 10.1. The van der Waals surface area contributed by atoms with Crippen LogP contribution >= 0.6 is 0 Å². The van der Waals surface area contributed by atoms with Crippen LogP contribution in [-0.4, -0.2) is 25.9 Å². The van der Waals surface area contributed by atoms with Gasteiger partial charge < -0.3 is 4.90 Å². The molecule has 1 aliphatic rings. The Kier molecular flexibility index (Phi) is 4.85. The van der Waals surface area contributed by atoms with E-state index in [1.165, 1.54) is 4.90 Å². The molecule has 0 aliphatic carbocycles. The van der Waals surface area contributed by atoms with Crippen LogP contribution in [0, 0.1) is 0 Å². The van der Waals surface area contributed by atoms with Crippen molar-refractivity contribution in [3.63, 3.8) is 0 Å². The zero-order chi connectivity index (χ0) is 7.98.